The molecule has 0 saturated heterocycles. The number of hydrogen-bond acceptors (Lipinski definition) is 4. The van der Waals surface area contributed by atoms with Crippen LogP contribution < -0.4 is 0 Å². The third-order valence-electron chi connectivity index (χ3n) is 12.8. The van der Waals surface area contributed by atoms with Crippen molar-refractivity contribution in [3.05, 3.63) is 224 Å². The van der Waals surface area contributed by atoms with Gasteiger partial charge in [-0.15, -0.1) is 0 Å². The number of aromatic nitrogens is 5. The van der Waals surface area contributed by atoms with Crippen molar-refractivity contribution in [3.8, 4) is 95.7 Å². The fourth-order valence-corrected chi connectivity index (χ4v) is 9.60. The summed E-state index contributed by atoms with van der Waals surface area (Å²) >= 11 is 0. The first kappa shape index (κ1) is 36.8. The Balaban J connectivity index is 0.896. The van der Waals surface area contributed by atoms with Crippen molar-refractivity contribution in [1.29, 1.82) is 0 Å². The number of para-hydroxylation sites is 2. The van der Waals surface area contributed by atoms with Gasteiger partial charge >= 0.3 is 0 Å². The average molecular weight is 828 g/mol. The minimum absolute atomic E-state index is 0.622. The van der Waals surface area contributed by atoms with Crippen LogP contribution in [0.15, 0.2) is 224 Å². The van der Waals surface area contributed by atoms with Crippen LogP contribution in [0.1, 0.15) is 0 Å². The van der Waals surface area contributed by atoms with Gasteiger partial charge in [0.2, 0.25) is 0 Å². The fourth-order valence-electron chi connectivity index (χ4n) is 9.60. The molecule has 2 aromatic heterocycles. The Morgan fingerprint density at radius 1 is 0.262 bits per heavy atom. The number of nitrogens with zero attached hydrogens (tertiary/aromatic N) is 5. The maximum atomic E-state index is 5.33. The first-order valence-electron chi connectivity index (χ1n) is 22.0. The van der Waals surface area contributed by atoms with Gasteiger partial charge < -0.3 is 0 Å². The molecule has 302 valence electrons. The molecule has 0 unspecified atom stereocenters. The first-order valence-corrected chi connectivity index (χ1v) is 22.0. The molecule has 0 saturated carbocycles. The topological polar surface area (TPSA) is 56.5 Å². The maximum Gasteiger partial charge on any atom is 0.164 e. The second-order valence-electron chi connectivity index (χ2n) is 16.7. The number of rotatable bonds is 6. The summed E-state index contributed by atoms with van der Waals surface area (Å²) in [5.41, 5.74) is 16.3. The average Bonchev–Trinajstić information content (AvgIpc) is 3.73. The Labute approximate surface area is 375 Å². The standard InChI is InChI=1S/C60H37N5/c1-3-15-40-34-47(31-29-38(40)13-1)58-62-57(63-59(64-58)48-32-30-39-14-2-4-16-41(39)35-48)46-21-10-19-44(36-46)42-17-9-18-43(33-42)45-20-11-22-49(37-45)60-61-54-27-12-26-53-51-24-6-5-23-50(51)52-25-7-8-28-55(52)65(60)56(53)54/h1-37H. The van der Waals surface area contributed by atoms with E-state index in [0.29, 0.717) is 17.5 Å². The largest absolute Gasteiger partial charge is 0.291 e. The van der Waals surface area contributed by atoms with Gasteiger partial charge in [0, 0.05) is 33.4 Å². The molecule has 0 radical (unpaired) electrons. The summed E-state index contributed by atoms with van der Waals surface area (Å²) in [6, 6.07) is 79.5. The van der Waals surface area contributed by atoms with Crippen LogP contribution in [-0.2, 0) is 0 Å². The number of fused-ring (bicyclic) bond motifs is 7. The lowest BCUT2D eigenvalue weighted by molar-refractivity contribution is 1.08. The van der Waals surface area contributed by atoms with Gasteiger partial charge in [-0.05, 0) is 97.4 Å². The highest BCUT2D eigenvalue weighted by atomic mass is 15.1. The predicted octanol–water partition coefficient (Wildman–Crippen LogP) is 15.2. The smallest absolute Gasteiger partial charge is 0.164 e. The SMILES string of the molecule is c1cc(-c2cccc(-c3nc(-c4ccc5ccccc5c4)nc(-c4ccc5ccccc5c4)n3)c2)cc(-c2cccc(-c3nc4cccc5c4n3-c3ccccc3-c3ccccc3-5)c2)c1. The molecular weight excluding hydrogens is 791 g/mol. The summed E-state index contributed by atoms with van der Waals surface area (Å²) in [5, 5.41) is 4.63. The van der Waals surface area contributed by atoms with Crippen molar-refractivity contribution in [2.24, 2.45) is 0 Å². The van der Waals surface area contributed by atoms with E-state index in [-0.39, 0.29) is 0 Å². The Hall–Kier alpha value is -8.80. The monoisotopic (exact) mass is 827 g/mol. The summed E-state index contributed by atoms with van der Waals surface area (Å²) in [6.07, 6.45) is 0. The minimum atomic E-state index is 0.622. The van der Waals surface area contributed by atoms with Crippen molar-refractivity contribution in [3.63, 3.8) is 0 Å². The van der Waals surface area contributed by atoms with E-state index >= 15 is 0 Å². The quantitative estimate of drug-likeness (QED) is 0.168. The van der Waals surface area contributed by atoms with Gasteiger partial charge in [-0.25, -0.2) is 19.9 Å². The molecular formula is C60H37N5. The maximum absolute atomic E-state index is 5.33. The van der Waals surface area contributed by atoms with E-state index in [1.165, 1.54) is 33.0 Å². The third-order valence-corrected chi connectivity index (χ3v) is 12.8. The van der Waals surface area contributed by atoms with E-state index in [1.807, 2.05) is 0 Å². The zero-order chi connectivity index (χ0) is 42.8. The molecule has 0 N–H and O–H groups in total. The van der Waals surface area contributed by atoms with Crippen LogP contribution in [0.5, 0.6) is 0 Å². The molecule has 65 heavy (non-hydrogen) atoms. The molecule has 0 fully saturated rings. The van der Waals surface area contributed by atoms with Crippen molar-refractivity contribution < 1.29 is 0 Å². The Morgan fingerprint density at radius 2 is 0.677 bits per heavy atom. The second kappa shape index (κ2) is 14.9. The van der Waals surface area contributed by atoms with Gasteiger partial charge in [0.05, 0.1) is 16.7 Å². The Bertz CT molecular complexity index is 3760. The lowest BCUT2D eigenvalue weighted by Crippen LogP contribution is -2.00. The first-order chi connectivity index (χ1) is 32.2. The van der Waals surface area contributed by atoms with E-state index in [4.69, 9.17) is 19.9 Å². The van der Waals surface area contributed by atoms with E-state index in [9.17, 15) is 0 Å². The Kier molecular flexibility index (Phi) is 8.46. The number of imidazole rings is 1. The molecule has 5 heteroatoms. The molecule has 1 aliphatic heterocycles. The summed E-state index contributed by atoms with van der Waals surface area (Å²) < 4.78 is 2.36. The molecule has 10 aromatic carbocycles. The number of benzene rings is 10. The lowest BCUT2D eigenvalue weighted by atomic mass is 9.94. The van der Waals surface area contributed by atoms with E-state index in [2.05, 4.69) is 229 Å². The fraction of sp³-hybridized carbons (Fsp3) is 0. The molecule has 3 heterocycles. The van der Waals surface area contributed by atoms with Gasteiger partial charge in [-0.3, -0.25) is 4.57 Å². The zero-order valence-corrected chi connectivity index (χ0v) is 35.1. The molecule has 0 spiro atoms. The third kappa shape index (κ3) is 6.32. The van der Waals surface area contributed by atoms with Crippen LogP contribution in [-0.4, -0.2) is 24.5 Å². The molecule has 1 aliphatic rings. The second-order valence-corrected chi connectivity index (χ2v) is 16.7. The minimum Gasteiger partial charge on any atom is -0.291 e. The summed E-state index contributed by atoms with van der Waals surface area (Å²) in [6.45, 7) is 0. The van der Waals surface area contributed by atoms with Crippen LogP contribution in [0.3, 0.4) is 0 Å². The molecule has 0 atom stereocenters. The van der Waals surface area contributed by atoms with Crippen molar-refractivity contribution in [2.75, 3.05) is 0 Å². The van der Waals surface area contributed by atoms with E-state index < -0.39 is 0 Å². The molecule has 12 aromatic rings. The van der Waals surface area contributed by atoms with Crippen LogP contribution >= 0.6 is 0 Å². The highest BCUT2D eigenvalue weighted by Crippen LogP contribution is 2.45. The normalized spacial score (nSPS) is 11.7. The molecule has 0 amide bonds. The summed E-state index contributed by atoms with van der Waals surface area (Å²) in [4.78, 5) is 20.7. The van der Waals surface area contributed by atoms with E-state index in [1.54, 1.807) is 0 Å². The molecule has 0 aliphatic carbocycles. The van der Waals surface area contributed by atoms with Gasteiger partial charge in [0.25, 0.3) is 0 Å². The van der Waals surface area contributed by atoms with E-state index in [0.717, 1.165) is 77.8 Å². The van der Waals surface area contributed by atoms with Crippen molar-refractivity contribution in [2.45, 2.75) is 0 Å². The molecule has 13 rings (SSSR count). The van der Waals surface area contributed by atoms with Crippen LogP contribution in [0.4, 0.5) is 0 Å². The summed E-state index contributed by atoms with van der Waals surface area (Å²) in [5.74, 6) is 2.81. The Morgan fingerprint density at radius 3 is 1.28 bits per heavy atom. The van der Waals surface area contributed by atoms with Crippen molar-refractivity contribution >= 4 is 32.6 Å². The van der Waals surface area contributed by atoms with Gasteiger partial charge in [-0.2, -0.15) is 0 Å². The molecule has 0 bridgehead atoms. The van der Waals surface area contributed by atoms with Gasteiger partial charge in [-0.1, -0.05) is 182 Å². The highest BCUT2D eigenvalue weighted by molar-refractivity contribution is 6.04. The summed E-state index contributed by atoms with van der Waals surface area (Å²) in [7, 11) is 0. The zero-order valence-electron chi connectivity index (χ0n) is 35.1. The van der Waals surface area contributed by atoms with Crippen LogP contribution in [0.25, 0.3) is 128 Å². The van der Waals surface area contributed by atoms with Crippen LogP contribution in [0.2, 0.25) is 0 Å². The van der Waals surface area contributed by atoms with Crippen LogP contribution in [0, 0.1) is 0 Å². The molecule has 5 nitrogen and oxygen atoms in total. The van der Waals surface area contributed by atoms with Gasteiger partial charge in [0.15, 0.2) is 17.5 Å². The predicted molar refractivity (Wildman–Crippen MR) is 267 cm³/mol. The lowest BCUT2D eigenvalue weighted by Gasteiger charge is -2.14. The number of hydrogen-bond donors (Lipinski definition) is 0. The van der Waals surface area contributed by atoms with Gasteiger partial charge in [0.1, 0.15) is 5.82 Å². The van der Waals surface area contributed by atoms with Crippen molar-refractivity contribution in [1.82, 2.24) is 24.5 Å². The highest BCUT2D eigenvalue weighted by Gasteiger charge is 2.25.